The predicted octanol–water partition coefficient (Wildman–Crippen LogP) is 4.73. The molecule has 0 radical (unpaired) electrons. The molecule has 2 unspecified atom stereocenters. The van der Waals surface area contributed by atoms with Crippen molar-refractivity contribution in [1.82, 2.24) is 9.80 Å². The van der Waals surface area contributed by atoms with Crippen molar-refractivity contribution in [2.45, 2.75) is 52.4 Å². The number of hydrogen-bond acceptors (Lipinski definition) is 3. The molecule has 2 atom stereocenters. The van der Waals surface area contributed by atoms with Gasteiger partial charge in [0.15, 0.2) is 0 Å². The van der Waals surface area contributed by atoms with Crippen molar-refractivity contribution in [2.75, 3.05) is 33.3 Å². The lowest BCUT2D eigenvalue weighted by atomic mass is 9.87. The minimum absolute atomic E-state index is 0.297. The van der Waals surface area contributed by atoms with Crippen molar-refractivity contribution in [3.63, 3.8) is 0 Å². The highest BCUT2D eigenvalue weighted by atomic mass is 16.3. The Labute approximate surface area is 160 Å². The maximum Gasteiger partial charge on any atom is 0.0493 e. The minimum atomic E-state index is 0.297. The molecule has 0 bridgehead atoms. The molecule has 1 aliphatic carbocycles. The molecule has 0 amide bonds. The fraction of sp³-hybridized carbons (Fsp3) is 0.652. The van der Waals surface area contributed by atoms with Crippen molar-refractivity contribution < 1.29 is 5.11 Å². The van der Waals surface area contributed by atoms with E-state index in [1.165, 1.54) is 24.1 Å². The van der Waals surface area contributed by atoms with Crippen LogP contribution in [0.25, 0.3) is 0 Å². The normalized spacial score (nSPS) is 24.0. The fourth-order valence-electron chi connectivity index (χ4n) is 4.15. The van der Waals surface area contributed by atoms with Gasteiger partial charge in [-0.05, 0) is 62.1 Å². The van der Waals surface area contributed by atoms with Crippen LogP contribution in [0.3, 0.4) is 0 Å². The van der Waals surface area contributed by atoms with Gasteiger partial charge in [-0.25, -0.2) is 0 Å². The van der Waals surface area contributed by atoms with E-state index in [9.17, 15) is 5.11 Å². The van der Waals surface area contributed by atoms with Gasteiger partial charge in [0.2, 0.25) is 0 Å². The average Bonchev–Trinajstić information content (AvgIpc) is 2.66. The zero-order valence-corrected chi connectivity index (χ0v) is 17.1. The molecule has 3 nitrogen and oxygen atoms in total. The van der Waals surface area contributed by atoms with Crippen molar-refractivity contribution in [1.29, 1.82) is 0 Å². The second kappa shape index (κ2) is 10.1. The quantitative estimate of drug-likeness (QED) is 0.477. The summed E-state index contributed by atoms with van der Waals surface area (Å²) in [5, 5.41) is 9.23. The summed E-state index contributed by atoms with van der Waals surface area (Å²) < 4.78 is 0. The van der Waals surface area contributed by atoms with E-state index >= 15 is 0 Å². The Kier molecular flexibility index (Phi) is 8.17. The van der Waals surface area contributed by atoms with Gasteiger partial charge in [-0.15, -0.1) is 0 Å². The molecule has 0 spiro atoms. The Morgan fingerprint density at radius 3 is 2.54 bits per heavy atom. The summed E-state index contributed by atoms with van der Waals surface area (Å²) in [7, 11) is 2.14. The summed E-state index contributed by atoms with van der Waals surface area (Å²) in [6, 6.07) is 0. The summed E-state index contributed by atoms with van der Waals surface area (Å²) in [6.07, 6.45) is 11.4. The van der Waals surface area contributed by atoms with Crippen LogP contribution in [-0.2, 0) is 0 Å². The number of nitrogens with zero attached hydrogens (tertiary/aromatic N) is 2. The maximum atomic E-state index is 9.23. The zero-order valence-electron chi connectivity index (χ0n) is 17.1. The number of aliphatic hydroxyl groups excluding tert-OH is 1. The van der Waals surface area contributed by atoms with Crippen LogP contribution in [0, 0.1) is 11.8 Å². The molecule has 1 N–H and O–H groups in total. The molecule has 0 aromatic carbocycles. The third kappa shape index (κ3) is 5.59. The Bertz CT molecular complexity index is 561. The molecule has 2 aliphatic rings. The highest BCUT2D eigenvalue weighted by Crippen LogP contribution is 2.28. The first-order chi connectivity index (χ1) is 12.5. The molecular formula is C23H38N2O. The van der Waals surface area contributed by atoms with Crippen molar-refractivity contribution in [3.05, 3.63) is 47.9 Å². The van der Waals surface area contributed by atoms with Gasteiger partial charge in [-0.1, -0.05) is 38.7 Å². The van der Waals surface area contributed by atoms with Crippen molar-refractivity contribution in [2.24, 2.45) is 11.8 Å². The van der Waals surface area contributed by atoms with E-state index in [-0.39, 0.29) is 0 Å². The van der Waals surface area contributed by atoms with Crippen molar-refractivity contribution >= 4 is 0 Å². The van der Waals surface area contributed by atoms with Gasteiger partial charge < -0.3 is 10.0 Å². The van der Waals surface area contributed by atoms with E-state index in [1.807, 2.05) is 0 Å². The van der Waals surface area contributed by atoms with E-state index in [2.05, 4.69) is 56.0 Å². The summed E-state index contributed by atoms with van der Waals surface area (Å²) in [5.74, 6) is 1.07. The lowest BCUT2D eigenvalue weighted by Gasteiger charge is -2.36. The van der Waals surface area contributed by atoms with Crippen LogP contribution in [-0.4, -0.2) is 48.2 Å². The Morgan fingerprint density at radius 1 is 1.27 bits per heavy atom. The van der Waals surface area contributed by atoms with Gasteiger partial charge in [0.05, 0.1) is 0 Å². The highest BCUT2D eigenvalue weighted by molar-refractivity contribution is 5.30. The molecule has 3 heteroatoms. The number of likely N-dealkylation sites (N-methyl/N-ethyl adjacent to an activating group) is 1. The highest BCUT2D eigenvalue weighted by Gasteiger charge is 2.22. The largest absolute Gasteiger partial charge is 0.396 e. The molecule has 0 fully saturated rings. The van der Waals surface area contributed by atoms with E-state index in [0.29, 0.717) is 18.4 Å². The monoisotopic (exact) mass is 358 g/mol. The molecule has 0 saturated carbocycles. The molecule has 1 aliphatic heterocycles. The van der Waals surface area contributed by atoms with Crippen LogP contribution >= 0.6 is 0 Å². The first kappa shape index (κ1) is 21.0. The molecule has 0 saturated heterocycles. The molecule has 1 heterocycles. The SMILES string of the molecule is C=C(CCC)C(=C)N(C)C1=C(C)CN(CCC2C=CC(CO)CC2)CC1. The van der Waals surface area contributed by atoms with Gasteiger partial charge >= 0.3 is 0 Å². The topological polar surface area (TPSA) is 26.7 Å². The first-order valence-corrected chi connectivity index (χ1v) is 10.3. The summed E-state index contributed by atoms with van der Waals surface area (Å²) in [4.78, 5) is 4.85. The third-order valence-corrected chi connectivity index (χ3v) is 6.00. The van der Waals surface area contributed by atoms with Gasteiger partial charge in [-0.2, -0.15) is 0 Å². The molecule has 26 heavy (non-hydrogen) atoms. The van der Waals surface area contributed by atoms with Gasteiger partial charge in [0.25, 0.3) is 0 Å². The van der Waals surface area contributed by atoms with Gasteiger partial charge in [0.1, 0.15) is 0 Å². The Morgan fingerprint density at radius 2 is 1.96 bits per heavy atom. The number of allylic oxidation sites excluding steroid dienone is 2. The van der Waals surface area contributed by atoms with Crippen LogP contribution in [0.5, 0.6) is 0 Å². The van der Waals surface area contributed by atoms with Crippen LogP contribution in [0.4, 0.5) is 0 Å². The molecule has 146 valence electrons. The number of aliphatic hydroxyl groups is 1. The van der Waals surface area contributed by atoms with E-state index < -0.39 is 0 Å². The minimum Gasteiger partial charge on any atom is -0.396 e. The molecular weight excluding hydrogens is 320 g/mol. The third-order valence-electron chi connectivity index (χ3n) is 6.00. The van der Waals surface area contributed by atoms with Crippen molar-refractivity contribution in [3.8, 4) is 0 Å². The van der Waals surface area contributed by atoms with Gasteiger partial charge in [-0.3, -0.25) is 4.90 Å². The standard InChI is InChI=1S/C23H38N2O/c1-6-7-18(2)20(4)24(5)23-13-15-25(16-19(23)3)14-12-21-8-10-22(17-26)11-9-21/h8,10,21-22,26H,2,4,6-7,9,11-17H2,1,3,5H3. The van der Waals surface area contributed by atoms with Crippen LogP contribution in [0.15, 0.2) is 47.9 Å². The Hall–Kier alpha value is -1.32. The summed E-state index contributed by atoms with van der Waals surface area (Å²) in [6.45, 7) is 16.6. The first-order valence-electron chi connectivity index (χ1n) is 10.3. The predicted molar refractivity (Wildman–Crippen MR) is 112 cm³/mol. The second-order valence-corrected chi connectivity index (χ2v) is 8.07. The lowest BCUT2D eigenvalue weighted by molar-refractivity contribution is 0.223. The van der Waals surface area contributed by atoms with Crippen LogP contribution in [0.2, 0.25) is 0 Å². The van der Waals surface area contributed by atoms with E-state index in [1.54, 1.807) is 0 Å². The number of hydrogen-bond donors (Lipinski definition) is 1. The van der Waals surface area contributed by atoms with Crippen LogP contribution in [0.1, 0.15) is 52.4 Å². The zero-order chi connectivity index (χ0) is 19.1. The molecule has 0 aromatic heterocycles. The second-order valence-electron chi connectivity index (χ2n) is 8.07. The summed E-state index contributed by atoms with van der Waals surface area (Å²) in [5.41, 5.74) is 5.11. The van der Waals surface area contributed by atoms with E-state index in [4.69, 9.17) is 0 Å². The maximum absolute atomic E-state index is 9.23. The smallest absolute Gasteiger partial charge is 0.0493 e. The average molecular weight is 359 g/mol. The Balaban J connectivity index is 1.85. The summed E-state index contributed by atoms with van der Waals surface area (Å²) >= 11 is 0. The van der Waals surface area contributed by atoms with Gasteiger partial charge in [0, 0.05) is 44.6 Å². The molecule has 0 aromatic rings. The molecule has 2 rings (SSSR count). The van der Waals surface area contributed by atoms with E-state index in [0.717, 1.165) is 56.6 Å². The van der Waals surface area contributed by atoms with Crippen LogP contribution < -0.4 is 0 Å². The lowest BCUT2D eigenvalue weighted by Crippen LogP contribution is -2.36. The fourth-order valence-corrected chi connectivity index (χ4v) is 4.15. The number of rotatable bonds is 9.